The maximum atomic E-state index is 13.6. The van der Waals surface area contributed by atoms with Crippen molar-refractivity contribution in [3.63, 3.8) is 0 Å². The minimum atomic E-state index is -4.71. The molecule has 1 unspecified atom stereocenters. The van der Waals surface area contributed by atoms with Gasteiger partial charge in [-0.3, -0.25) is 4.79 Å². The molecule has 1 aromatic rings. The first-order chi connectivity index (χ1) is 10.6. The lowest BCUT2D eigenvalue weighted by molar-refractivity contribution is -0.160. The van der Waals surface area contributed by atoms with Crippen LogP contribution in [0.25, 0.3) is 0 Å². The number of carboxylic acids is 1. The topological polar surface area (TPSA) is 66.4 Å². The molecule has 1 saturated carbocycles. The third-order valence-corrected chi connectivity index (χ3v) is 3.86. The van der Waals surface area contributed by atoms with Crippen molar-refractivity contribution in [2.45, 2.75) is 37.9 Å². The Morgan fingerprint density at radius 3 is 2.35 bits per heavy atom. The van der Waals surface area contributed by atoms with Crippen molar-refractivity contribution in [2.24, 2.45) is 5.41 Å². The number of hydrogen-bond donors (Lipinski definition) is 2. The second-order valence-corrected chi connectivity index (χ2v) is 5.73. The third kappa shape index (κ3) is 4.43. The van der Waals surface area contributed by atoms with Crippen LogP contribution in [0, 0.1) is 11.2 Å². The number of halogens is 4. The van der Waals surface area contributed by atoms with Crippen molar-refractivity contribution < 1.29 is 32.3 Å². The Morgan fingerprint density at radius 2 is 1.87 bits per heavy atom. The summed E-state index contributed by atoms with van der Waals surface area (Å²) in [6.45, 7) is 0. The molecule has 1 aliphatic rings. The second kappa shape index (κ2) is 6.17. The molecule has 2 N–H and O–H groups in total. The van der Waals surface area contributed by atoms with Crippen molar-refractivity contribution in [2.75, 3.05) is 0 Å². The summed E-state index contributed by atoms with van der Waals surface area (Å²) >= 11 is 0. The van der Waals surface area contributed by atoms with Gasteiger partial charge in [0.15, 0.2) is 0 Å². The monoisotopic (exact) mass is 333 g/mol. The van der Waals surface area contributed by atoms with E-state index in [4.69, 9.17) is 5.11 Å². The van der Waals surface area contributed by atoms with E-state index < -0.39 is 41.7 Å². The van der Waals surface area contributed by atoms with Gasteiger partial charge in [0, 0.05) is 0 Å². The second-order valence-electron chi connectivity index (χ2n) is 5.73. The predicted molar refractivity (Wildman–Crippen MR) is 72.0 cm³/mol. The van der Waals surface area contributed by atoms with Gasteiger partial charge in [-0.05, 0) is 30.9 Å². The number of aliphatic carboxylic acids is 1. The van der Waals surface area contributed by atoms with Gasteiger partial charge in [0.2, 0.25) is 5.91 Å². The minimum Gasteiger partial charge on any atom is -0.480 e. The number of rotatable bonds is 6. The van der Waals surface area contributed by atoms with Gasteiger partial charge in [0.25, 0.3) is 0 Å². The van der Waals surface area contributed by atoms with E-state index in [1.807, 2.05) is 5.32 Å². The molecule has 1 aromatic carbocycles. The summed E-state index contributed by atoms with van der Waals surface area (Å²) in [6.07, 6.45) is -5.57. The van der Waals surface area contributed by atoms with Gasteiger partial charge in [0.05, 0.1) is 11.8 Å². The zero-order valence-corrected chi connectivity index (χ0v) is 12.0. The van der Waals surface area contributed by atoms with E-state index in [1.54, 1.807) is 6.07 Å². The maximum Gasteiger partial charge on any atom is 0.391 e. The van der Waals surface area contributed by atoms with Crippen LogP contribution in [0.4, 0.5) is 17.6 Å². The third-order valence-electron chi connectivity index (χ3n) is 3.86. The fourth-order valence-corrected chi connectivity index (χ4v) is 2.38. The molecule has 1 aliphatic carbocycles. The van der Waals surface area contributed by atoms with Crippen LogP contribution >= 0.6 is 0 Å². The number of carboxylic acid groups (broad SMARTS) is 1. The zero-order chi connectivity index (χ0) is 17.3. The fraction of sp³-hybridized carbons (Fsp3) is 0.467. The highest BCUT2D eigenvalue weighted by molar-refractivity contribution is 5.89. The minimum absolute atomic E-state index is 0.0316. The SMILES string of the molecule is O=C(O)C(CC(F)(F)F)NC(=O)C1(Cc2ccccc2F)CC1. The summed E-state index contributed by atoms with van der Waals surface area (Å²) in [5, 5.41) is 10.8. The van der Waals surface area contributed by atoms with E-state index >= 15 is 0 Å². The molecule has 126 valence electrons. The van der Waals surface area contributed by atoms with Crippen molar-refractivity contribution in [1.29, 1.82) is 0 Å². The molecular formula is C15H15F4NO3. The largest absolute Gasteiger partial charge is 0.480 e. The molecule has 0 saturated heterocycles. The summed E-state index contributed by atoms with van der Waals surface area (Å²) in [5.41, 5.74) is -0.746. The molecule has 8 heteroatoms. The summed E-state index contributed by atoms with van der Waals surface area (Å²) in [5.74, 6) is -3.04. The van der Waals surface area contributed by atoms with E-state index in [9.17, 15) is 27.2 Å². The van der Waals surface area contributed by atoms with Crippen LogP contribution in [0.5, 0.6) is 0 Å². The van der Waals surface area contributed by atoms with Crippen LogP contribution < -0.4 is 5.32 Å². The zero-order valence-electron chi connectivity index (χ0n) is 12.0. The summed E-state index contributed by atoms with van der Waals surface area (Å²) in [7, 11) is 0. The molecule has 4 nitrogen and oxygen atoms in total. The Labute approximate surface area is 129 Å². The summed E-state index contributed by atoms with van der Waals surface area (Å²) < 4.78 is 50.7. The lowest BCUT2D eigenvalue weighted by Crippen LogP contribution is -2.47. The van der Waals surface area contributed by atoms with Gasteiger partial charge in [0.1, 0.15) is 11.9 Å². The van der Waals surface area contributed by atoms with Crippen LogP contribution in [-0.4, -0.2) is 29.2 Å². The van der Waals surface area contributed by atoms with Gasteiger partial charge < -0.3 is 10.4 Å². The molecular weight excluding hydrogens is 318 g/mol. The molecule has 23 heavy (non-hydrogen) atoms. The van der Waals surface area contributed by atoms with Crippen molar-refractivity contribution in [3.8, 4) is 0 Å². The molecule has 1 atom stereocenters. The van der Waals surface area contributed by atoms with Gasteiger partial charge in [-0.1, -0.05) is 18.2 Å². The first-order valence-electron chi connectivity index (χ1n) is 6.97. The Hall–Kier alpha value is -2.12. The molecule has 0 heterocycles. The summed E-state index contributed by atoms with van der Waals surface area (Å²) in [4.78, 5) is 23.1. The van der Waals surface area contributed by atoms with E-state index in [2.05, 4.69) is 0 Å². The highest BCUT2D eigenvalue weighted by Gasteiger charge is 2.51. The Morgan fingerprint density at radius 1 is 1.26 bits per heavy atom. The number of alkyl halides is 3. The van der Waals surface area contributed by atoms with Gasteiger partial charge >= 0.3 is 12.1 Å². The number of amides is 1. The van der Waals surface area contributed by atoms with Crippen LogP contribution in [0.15, 0.2) is 24.3 Å². The number of carbonyl (C=O) groups is 2. The van der Waals surface area contributed by atoms with Gasteiger partial charge in [-0.25, -0.2) is 9.18 Å². The molecule has 1 fully saturated rings. The molecule has 0 aliphatic heterocycles. The van der Waals surface area contributed by atoms with E-state index in [0.29, 0.717) is 12.8 Å². The van der Waals surface area contributed by atoms with Crippen LogP contribution in [-0.2, 0) is 16.0 Å². The highest BCUT2D eigenvalue weighted by Crippen LogP contribution is 2.49. The Kier molecular flexibility index (Phi) is 4.63. The number of hydrogen-bond acceptors (Lipinski definition) is 2. The first kappa shape index (κ1) is 17.2. The molecule has 0 spiro atoms. The Bertz CT molecular complexity index is 611. The number of carbonyl (C=O) groups excluding carboxylic acids is 1. The average Bonchev–Trinajstić information content (AvgIpc) is 3.20. The average molecular weight is 333 g/mol. The molecule has 0 bridgehead atoms. The molecule has 0 aromatic heterocycles. The van der Waals surface area contributed by atoms with E-state index in [1.165, 1.54) is 18.2 Å². The number of nitrogens with one attached hydrogen (secondary N) is 1. The molecule has 2 rings (SSSR count). The number of benzene rings is 1. The fourth-order valence-electron chi connectivity index (χ4n) is 2.38. The standard InChI is InChI=1S/C15H15F4NO3/c16-10-4-2-1-3-9(10)7-14(5-6-14)13(23)20-11(12(21)22)8-15(17,18)19/h1-4,11H,5-8H2,(H,20,23)(H,21,22). The quantitative estimate of drug-likeness (QED) is 0.787. The Balaban J connectivity index is 2.07. The van der Waals surface area contributed by atoms with Crippen LogP contribution in [0.2, 0.25) is 0 Å². The van der Waals surface area contributed by atoms with Crippen molar-refractivity contribution >= 4 is 11.9 Å². The highest BCUT2D eigenvalue weighted by atomic mass is 19.4. The smallest absolute Gasteiger partial charge is 0.391 e. The normalized spacial score (nSPS) is 17.4. The maximum absolute atomic E-state index is 13.6. The summed E-state index contributed by atoms with van der Waals surface area (Å²) in [6, 6.07) is 3.76. The molecule has 1 amide bonds. The van der Waals surface area contributed by atoms with Crippen molar-refractivity contribution in [3.05, 3.63) is 35.6 Å². The molecule has 0 radical (unpaired) electrons. The van der Waals surface area contributed by atoms with E-state index in [0.717, 1.165) is 0 Å². The van der Waals surface area contributed by atoms with Gasteiger partial charge in [-0.2, -0.15) is 13.2 Å². The first-order valence-corrected chi connectivity index (χ1v) is 6.97. The van der Waals surface area contributed by atoms with Crippen LogP contribution in [0.1, 0.15) is 24.8 Å². The lowest BCUT2D eigenvalue weighted by Gasteiger charge is -2.21. The predicted octanol–water partition coefficient (Wildman–Crippen LogP) is 2.67. The lowest BCUT2D eigenvalue weighted by atomic mass is 9.94. The van der Waals surface area contributed by atoms with E-state index in [-0.39, 0.29) is 12.0 Å². The van der Waals surface area contributed by atoms with Gasteiger partial charge in [-0.15, -0.1) is 0 Å². The van der Waals surface area contributed by atoms with Crippen LogP contribution in [0.3, 0.4) is 0 Å². The van der Waals surface area contributed by atoms with Crippen molar-refractivity contribution in [1.82, 2.24) is 5.32 Å².